The summed E-state index contributed by atoms with van der Waals surface area (Å²) in [6.45, 7) is 4.41. The van der Waals surface area contributed by atoms with Gasteiger partial charge in [0.25, 0.3) is 5.91 Å². The molecule has 166 valence electrons. The SMILES string of the molecule is C=Cc1ccc2nc(N(C)C)nc(NCc3ccc(NC(=O)c4ccc(Cl)nc4)cc3)c2c1. The number of carbonyl (C=O) groups is 1. The van der Waals surface area contributed by atoms with E-state index in [1.807, 2.05) is 61.5 Å². The molecule has 7 nitrogen and oxygen atoms in total. The zero-order valence-corrected chi connectivity index (χ0v) is 19.1. The Morgan fingerprint density at radius 3 is 2.55 bits per heavy atom. The largest absolute Gasteiger partial charge is 0.365 e. The van der Waals surface area contributed by atoms with Crippen molar-refractivity contribution in [3.8, 4) is 0 Å². The van der Waals surface area contributed by atoms with Crippen LogP contribution in [0.2, 0.25) is 5.15 Å². The van der Waals surface area contributed by atoms with Crippen molar-refractivity contribution in [1.29, 1.82) is 0 Å². The zero-order chi connectivity index (χ0) is 23.4. The fourth-order valence-corrected chi connectivity index (χ4v) is 3.31. The summed E-state index contributed by atoms with van der Waals surface area (Å²) in [5, 5.41) is 7.55. The van der Waals surface area contributed by atoms with Crippen LogP contribution in [0.4, 0.5) is 17.5 Å². The highest BCUT2D eigenvalue weighted by Crippen LogP contribution is 2.25. The molecule has 4 aromatic rings. The molecule has 2 N–H and O–H groups in total. The maximum atomic E-state index is 12.4. The number of carbonyl (C=O) groups excluding carboxylic acids is 1. The maximum Gasteiger partial charge on any atom is 0.257 e. The van der Waals surface area contributed by atoms with E-state index in [1.165, 1.54) is 6.20 Å². The number of benzene rings is 2. The van der Waals surface area contributed by atoms with E-state index in [1.54, 1.807) is 18.2 Å². The van der Waals surface area contributed by atoms with Gasteiger partial charge in [-0.2, -0.15) is 4.98 Å². The van der Waals surface area contributed by atoms with Crippen LogP contribution < -0.4 is 15.5 Å². The average molecular weight is 459 g/mol. The standard InChI is InChI=1S/C25H23ClN6O/c1-4-16-7-11-21-20(13-16)23(31-25(30-21)32(2)3)28-14-17-5-9-19(10-6-17)29-24(33)18-8-12-22(26)27-15-18/h4-13,15H,1,14H2,2-3H3,(H,29,33)(H,28,30,31). The Labute approximate surface area is 197 Å². The summed E-state index contributed by atoms with van der Waals surface area (Å²) in [4.78, 5) is 27.5. The van der Waals surface area contributed by atoms with Crippen LogP contribution >= 0.6 is 11.6 Å². The average Bonchev–Trinajstić information content (AvgIpc) is 2.83. The summed E-state index contributed by atoms with van der Waals surface area (Å²) in [5.41, 5.74) is 4.03. The van der Waals surface area contributed by atoms with Gasteiger partial charge in [-0.3, -0.25) is 4.79 Å². The Balaban J connectivity index is 1.49. The molecule has 0 spiro atoms. The molecule has 0 bridgehead atoms. The molecular formula is C25H23ClN6O. The number of aromatic nitrogens is 3. The second kappa shape index (κ2) is 9.67. The van der Waals surface area contributed by atoms with Crippen LogP contribution in [0.3, 0.4) is 0 Å². The minimum absolute atomic E-state index is 0.244. The fourth-order valence-electron chi connectivity index (χ4n) is 3.20. The first-order chi connectivity index (χ1) is 15.9. The van der Waals surface area contributed by atoms with Crippen LogP contribution in [-0.4, -0.2) is 35.0 Å². The highest BCUT2D eigenvalue weighted by Gasteiger charge is 2.10. The lowest BCUT2D eigenvalue weighted by molar-refractivity contribution is 0.102. The van der Waals surface area contributed by atoms with Gasteiger partial charge in [0.1, 0.15) is 11.0 Å². The Morgan fingerprint density at radius 1 is 1.09 bits per heavy atom. The quantitative estimate of drug-likeness (QED) is 0.368. The van der Waals surface area contributed by atoms with Crippen molar-refractivity contribution in [3.63, 3.8) is 0 Å². The van der Waals surface area contributed by atoms with Crippen LogP contribution in [0.5, 0.6) is 0 Å². The minimum atomic E-state index is -0.244. The van der Waals surface area contributed by atoms with Crippen molar-refractivity contribution in [2.24, 2.45) is 0 Å². The lowest BCUT2D eigenvalue weighted by Gasteiger charge is -2.15. The predicted molar refractivity (Wildman–Crippen MR) is 135 cm³/mol. The second-order valence-corrected chi connectivity index (χ2v) is 8.01. The van der Waals surface area contributed by atoms with Gasteiger partial charge in [-0.05, 0) is 47.5 Å². The first-order valence-corrected chi connectivity index (χ1v) is 10.7. The molecule has 1 amide bonds. The van der Waals surface area contributed by atoms with Gasteiger partial charge >= 0.3 is 0 Å². The van der Waals surface area contributed by atoms with E-state index in [-0.39, 0.29) is 5.91 Å². The summed E-state index contributed by atoms with van der Waals surface area (Å²) >= 11 is 5.78. The highest BCUT2D eigenvalue weighted by atomic mass is 35.5. The predicted octanol–water partition coefficient (Wildman–Crippen LogP) is 5.25. The maximum absolute atomic E-state index is 12.4. The molecule has 0 atom stereocenters. The molecule has 0 fully saturated rings. The van der Waals surface area contributed by atoms with E-state index in [4.69, 9.17) is 11.6 Å². The van der Waals surface area contributed by atoms with Crippen LogP contribution in [0.15, 0.2) is 67.4 Å². The summed E-state index contributed by atoms with van der Waals surface area (Å²) in [6, 6.07) is 16.8. The van der Waals surface area contributed by atoms with Gasteiger partial charge in [-0.15, -0.1) is 0 Å². The van der Waals surface area contributed by atoms with Crippen LogP contribution in [0.25, 0.3) is 17.0 Å². The van der Waals surface area contributed by atoms with Crippen LogP contribution in [0, 0.1) is 0 Å². The van der Waals surface area contributed by atoms with Crippen LogP contribution in [-0.2, 0) is 6.54 Å². The van der Waals surface area contributed by atoms with E-state index < -0.39 is 0 Å². The third-order valence-corrected chi connectivity index (χ3v) is 5.23. The van der Waals surface area contributed by atoms with E-state index in [0.29, 0.717) is 28.9 Å². The van der Waals surface area contributed by atoms with Gasteiger partial charge in [0.15, 0.2) is 0 Å². The van der Waals surface area contributed by atoms with Crippen LogP contribution in [0.1, 0.15) is 21.5 Å². The van der Waals surface area contributed by atoms with Crippen molar-refractivity contribution >= 4 is 51.9 Å². The number of amides is 1. The van der Waals surface area contributed by atoms with Gasteiger partial charge in [0, 0.05) is 37.9 Å². The smallest absolute Gasteiger partial charge is 0.257 e. The summed E-state index contributed by atoms with van der Waals surface area (Å²) in [5.74, 6) is 1.14. The van der Waals surface area contributed by atoms with Crippen molar-refractivity contribution in [1.82, 2.24) is 15.0 Å². The lowest BCUT2D eigenvalue weighted by atomic mass is 10.1. The molecule has 8 heteroatoms. The zero-order valence-electron chi connectivity index (χ0n) is 18.3. The molecule has 0 aliphatic rings. The number of hydrogen-bond acceptors (Lipinski definition) is 6. The minimum Gasteiger partial charge on any atom is -0.365 e. The topological polar surface area (TPSA) is 83.0 Å². The monoisotopic (exact) mass is 458 g/mol. The third kappa shape index (κ3) is 5.27. The Morgan fingerprint density at radius 2 is 1.88 bits per heavy atom. The first-order valence-electron chi connectivity index (χ1n) is 10.3. The molecule has 33 heavy (non-hydrogen) atoms. The number of rotatable bonds is 7. The lowest BCUT2D eigenvalue weighted by Crippen LogP contribution is -2.14. The molecule has 0 unspecified atom stereocenters. The number of nitrogens with zero attached hydrogens (tertiary/aromatic N) is 4. The second-order valence-electron chi connectivity index (χ2n) is 7.62. The number of hydrogen-bond donors (Lipinski definition) is 2. The van der Waals surface area contributed by atoms with Gasteiger partial charge in [0.2, 0.25) is 5.95 Å². The highest BCUT2D eigenvalue weighted by molar-refractivity contribution is 6.29. The molecular weight excluding hydrogens is 436 g/mol. The van der Waals surface area contributed by atoms with E-state index in [0.717, 1.165) is 27.8 Å². The van der Waals surface area contributed by atoms with Gasteiger partial charge in [0.05, 0.1) is 11.1 Å². The normalized spacial score (nSPS) is 10.6. The molecule has 0 aliphatic carbocycles. The summed E-state index contributed by atoms with van der Waals surface area (Å²) in [7, 11) is 3.83. The summed E-state index contributed by atoms with van der Waals surface area (Å²) in [6.07, 6.45) is 3.25. The van der Waals surface area contributed by atoms with E-state index >= 15 is 0 Å². The summed E-state index contributed by atoms with van der Waals surface area (Å²) < 4.78 is 0. The Hall–Kier alpha value is -3.97. The molecule has 0 radical (unpaired) electrons. The van der Waals surface area contributed by atoms with Gasteiger partial charge in [-0.1, -0.05) is 42.5 Å². The molecule has 2 heterocycles. The number of nitrogens with one attached hydrogen (secondary N) is 2. The molecule has 0 saturated carbocycles. The Kier molecular flexibility index (Phi) is 6.51. The van der Waals surface area contributed by atoms with Crippen molar-refractivity contribution in [2.45, 2.75) is 6.54 Å². The molecule has 0 aliphatic heterocycles. The van der Waals surface area contributed by atoms with Crippen molar-refractivity contribution in [3.05, 3.63) is 89.2 Å². The van der Waals surface area contributed by atoms with Crippen molar-refractivity contribution < 1.29 is 4.79 Å². The fraction of sp³-hybridized carbons (Fsp3) is 0.120. The molecule has 2 aromatic carbocycles. The number of halogens is 1. The molecule has 0 saturated heterocycles. The number of fused-ring (bicyclic) bond motifs is 1. The molecule has 4 rings (SSSR count). The molecule has 2 aromatic heterocycles. The number of pyridine rings is 1. The first kappa shape index (κ1) is 22.2. The van der Waals surface area contributed by atoms with Gasteiger partial charge < -0.3 is 15.5 Å². The van der Waals surface area contributed by atoms with Gasteiger partial charge in [-0.25, -0.2) is 9.97 Å². The third-order valence-electron chi connectivity index (χ3n) is 5.01. The number of anilines is 3. The Bertz CT molecular complexity index is 1300. The van der Waals surface area contributed by atoms with Crippen molar-refractivity contribution in [2.75, 3.05) is 29.6 Å². The van der Waals surface area contributed by atoms with E-state index in [9.17, 15) is 4.79 Å². The van der Waals surface area contributed by atoms with E-state index in [2.05, 4.69) is 32.2 Å².